The highest BCUT2D eigenvalue weighted by Gasteiger charge is 2.17. The van der Waals surface area contributed by atoms with Gasteiger partial charge in [0.15, 0.2) is 0 Å². The molecule has 0 aliphatic rings. The van der Waals surface area contributed by atoms with Crippen molar-refractivity contribution in [2.45, 2.75) is 32.9 Å². The summed E-state index contributed by atoms with van der Waals surface area (Å²) in [6.07, 6.45) is 1.35. The van der Waals surface area contributed by atoms with Crippen molar-refractivity contribution < 1.29 is 19.2 Å². The molecule has 0 atom stereocenters. The van der Waals surface area contributed by atoms with Gasteiger partial charge in [-0.1, -0.05) is 5.16 Å². The second-order valence-corrected chi connectivity index (χ2v) is 4.08. The van der Waals surface area contributed by atoms with Gasteiger partial charge in [0.05, 0.1) is 13.0 Å². The summed E-state index contributed by atoms with van der Waals surface area (Å²) in [5, 5.41) is 15.0. The SMILES string of the molecule is CC(C)N(CCC(=O)O)C(=O)NCc1ccon1. The normalized spacial score (nSPS) is 10.4. The van der Waals surface area contributed by atoms with Crippen LogP contribution in [0.25, 0.3) is 0 Å². The molecule has 0 aliphatic heterocycles. The van der Waals surface area contributed by atoms with Gasteiger partial charge in [-0.05, 0) is 13.8 Å². The Morgan fingerprint density at radius 1 is 1.56 bits per heavy atom. The third kappa shape index (κ3) is 4.44. The maximum absolute atomic E-state index is 11.9. The maximum Gasteiger partial charge on any atom is 0.317 e. The van der Waals surface area contributed by atoms with E-state index in [0.717, 1.165) is 0 Å². The van der Waals surface area contributed by atoms with Gasteiger partial charge in [0.2, 0.25) is 0 Å². The second-order valence-electron chi connectivity index (χ2n) is 4.08. The summed E-state index contributed by atoms with van der Waals surface area (Å²) in [6, 6.07) is 1.27. The van der Waals surface area contributed by atoms with E-state index in [1.165, 1.54) is 11.2 Å². The number of amides is 2. The maximum atomic E-state index is 11.9. The van der Waals surface area contributed by atoms with E-state index in [4.69, 9.17) is 5.11 Å². The third-order valence-electron chi connectivity index (χ3n) is 2.36. The van der Waals surface area contributed by atoms with E-state index in [1.807, 2.05) is 13.8 Å². The highest BCUT2D eigenvalue weighted by molar-refractivity contribution is 5.75. The van der Waals surface area contributed by atoms with Crippen LogP contribution in [0.4, 0.5) is 4.79 Å². The van der Waals surface area contributed by atoms with Crippen molar-refractivity contribution in [1.82, 2.24) is 15.4 Å². The van der Waals surface area contributed by atoms with E-state index in [9.17, 15) is 9.59 Å². The fraction of sp³-hybridized carbons (Fsp3) is 0.545. The number of hydrogen-bond acceptors (Lipinski definition) is 4. The first-order valence-corrected chi connectivity index (χ1v) is 5.66. The van der Waals surface area contributed by atoms with Crippen LogP contribution < -0.4 is 5.32 Å². The molecule has 0 bridgehead atoms. The number of aliphatic carboxylic acids is 1. The average Bonchev–Trinajstić information content (AvgIpc) is 2.78. The molecule has 1 heterocycles. The summed E-state index contributed by atoms with van der Waals surface area (Å²) in [5.41, 5.74) is 0.616. The minimum absolute atomic E-state index is 0.0679. The van der Waals surface area contributed by atoms with Crippen molar-refractivity contribution in [2.24, 2.45) is 0 Å². The van der Waals surface area contributed by atoms with E-state index in [1.54, 1.807) is 6.07 Å². The van der Waals surface area contributed by atoms with Gasteiger partial charge < -0.3 is 19.8 Å². The van der Waals surface area contributed by atoms with Gasteiger partial charge in [0.1, 0.15) is 12.0 Å². The molecule has 0 unspecified atom stereocenters. The van der Waals surface area contributed by atoms with Crippen molar-refractivity contribution >= 4 is 12.0 Å². The molecule has 18 heavy (non-hydrogen) atoms. The summed E-state index contributed by atoms with van der Waals surface area (Å²) >= 11 is 0. The fourth-order valence-electron chi connectivity index (χ4n) is 1.41. The predicted molar refractivity (Wildman–Crippen MR) is 62.8 cm³/mol. The van der Waals surface area contributed by atoms with Crippen LogP contribution in [0, 0.1) is 0 Å². The van der Waals surface area contributed by atoms with Gasteiger partial charge in [0.25, 0.3) is 0 Å². The summed E-state index contributed by atoms with van der Waals surface area (Å²) in [5.74, 6) is -0.926. The Morgan fingerprint density at radius 3 is 2.78 bits per heavy atom. The van der Waals surface area contributed by atoms with Gasteiger partial charge in [-0.15, -0.1) is 0 Å². The zero-order chi connectivity index (χ0) is 13.5. The number of rotatable bonds is 6. The molecule has 0 aromatic carbocycles. The van der Waals surface area contributed by atoms with Gasteiger partial charge in [-0.25, -0.2) is 4.79 Å². The molecule has 0 saturated heterocycles. The Kier molecular flexibility index (Phi) is 5.16. The van der Waals surface area contributed by atoms with Crippen molar-refractivity contribution in [1.29, 1.82) is 0 Å². The topological polar surface area (TPSA) is 95.7 Å². The highest BCUT2D eigenvalue weighted by Crippen LogP contribution is 2.02. The Bertz CT molecular complexity index is 389. The molecular formula is C11H17N3O4. The molecule has 0 aliphatic carbocycles. The Morgan fingerprint density at radius 2 is 2.28 bits per heavy atom. The van der Waals surface area contributed by atoms with E-state index >= 15 is 0 Å². The number of carboxylic acid groups (broad SMARTS) is 1. The number of nitrogens with one attached hydrogen (secondary N) is 1. The number of urea groups is 1. The minimum atomic E-state index is -0.926. The van der Waals surface area contributed by atoms with Gasteiger partial charge in [-0.3, -0.25) is 4.79 Å². The van der Waals surface area contributed by atoms with Crippen LogP contribution in [0.2, 0.25) is 0 Å². The summed E-state index contributed by atoms with van der Waals surface area (Å²) in [6.45, 7) is 4.10. The summed E-state index contributed by atoms with van der Waals surface area (Å²) in [7, 11) is 0. The lowest BCUT2D eigenvalue weighted by atomic mass is 10.3. The predicted octanol–water partition coefficient (Wildman–Crippen LogP) is 1.07. The fourth-order valence-corrected chi connectivity index (χ4v) is 1.41. The van der Waals surface area contributed by atoms with Crippen molar-refractivity contribution in [3.05, 3.63) is 18.0 Å². The first-order chi connectivity index (χ1) is 8.50. The molecule has 1 rings (SSSR count). The summed E-state index contributed by atoms with van der Waals surface area (Å²) in [4.78, 5) is 23.8. The van der Waals surface area contributed by atoms with E-state index in [-0.39, 0.29) is 31.6 Å². The van der Waals surface area contributed by atoms with Gasteiger partial charge in [0, 0.05) is 18.7 Å². The first-order valence-electron chi connectivity index (χ1n) is 5.66. The smallest absolute Gasteiger partial charge is 0.317 e. The Labute approximate surface area is 105 Å². The zero-order valence-corrected chi connectivity index (χ0v) is 10.4. The van der Waals surface area contributed by atoms with Crippen LogP contribution in [0.1, 0.15) is 26.0 Å². The van der Waals surface area contributed by atoms with Crippen molar-refractivity contribution in [3.63, 3.8) is 0 Å². The lowest BCUT2D eigenvalue weighted by molar-refractivity contribution is -0.137. The number of hydrogen-bond donors (Lipinski definition) is 2. The highest BCUT2D eigenvalue weighted by atomic mass is 16.5. The van der Waals surface area contributed by atoms with Crippen LogP contribution >= 0.6 is 0 Å². The van der Waals surface area contributed by atoms with E-state index in [2.05, 4.69) is 15.0 Å². The quantitative estimate of drug-likeness (QED) is 0.792. The summed E-state index contributed by atoms with van der Waals surface area (Å²) < 4.78 is 4.64. The number of carbonyl (C=O) groups excluding carboxylic acids is 1. The molecule has 1 aromatic rings. The largest absolute Gasteiger partial charge is 0.481 e. The molecular weight excluding hydrogens is 238 g/mol. The molecule has 2 N–H and O–H groups in total. The molecule has 2 amide bonds. The standard InChI is InChI=1S/C11H17N3O4/c1-8(2)14(5-3-10(15)16)11(17)12-7-9-4-6-18-13-9/h4,6,8H,3,5,7H2,1-2H3,(H,12,17)(H,15,16). The number of nitrogens with zero attached hydrogens (tertiary/aromatic N) is 2. The molecule has 0 fully saturated rings. The second kappa shape index (κ2) is 6.63. The van der Waals surface area contributed by atoms with Crippen molar-refractivity contribution in [2.75, 3.05) is 6.54 Å². The third-order valence-corrected chi connectivity index (χ3v) is 2.36. The minimum Gasteiger partial charge on any atom is -0.481 e. The molecule has 0 radical (unpaired) electrons. The number of carboxylic acids is 1. The number of aromatic nitrogens is 1. The zero-order valence-electron chi connectivity index (χ0n) is 10.4. The van der Waals surface area contributed by atoms with E-state index in [0.29, 0.717) is 5.69 Å². The molecule has 7 heteroatoms. The molecule has 100 valence electrons. The van der Waals surface area contributed by atoms with Gasteiger partial charge in [-0.2, -0.15) is 0 Å². The van der Waals surface area contributed by atoms with E-state index < -0.39 is 5.97 Å². The number of carbonyl (C=O) groups is 2. The van der Waals surface area contributed by atoms with Crippen LogP contribution in [0.5, 0.6) is 0 Å². The van der Waals surface area contributed by atoms with Crippen LogP contribution in [0.15, 0.2) is 16.9 Å². The van der Waals surface area contributed by atoms with Crippen LogP contribution in [-0.4, -0.2) is 39.8 Å². The Hall–Kier alpha value is -2.05. The molecule has 1 aromatic heterocycles. The molecule has 0 spiro atoms. The lowest BCUT2D eigenvalue weighted by Gasteiger charge is -2.26. The van der Waals surface area contributed by atoms with Crippen LogP contribution in [-0.2, 0) is 11.3 Å². The monoisotopic (exact) mass is 255 g/mol. The van der Waals surface area contributed by atoms with Crippen LogP contribution in [0.3, 0.4) is 0 Å². The first kappa shape index (κ1) is 14.0. The van der Waals surface area contributed by atoms with Gasteiger partial charge >= 0.3 is 12.0 Å². The van der Waals surface area contributed by atoms with Crippen molar-refractivity contribution in [3.8, 4) is 0 Å². The lowest BCUT2D eigenvalue weighted by Crippen LogP contribution is -2.44. The Balaban J connectivity index is 2.46. The molecule has 7 nitrogen and oxygen atoms in total. The molecule has 0 saturated carbocycles. The average molecular weight is 255 g/mol.